The molecule has 0 aromatic heterocycles. The van der Waals surface area contributed by atoms with Gasteiger partial charge in [-0.15, -0.1) is 0 Å². The van der Waals surface area contributed by atoms with Gasteiger partial charge in [-0.05, 0) is 37.3 Å². The van der Waals surface area contributed by atoms with Gasteiger partial charge in [0.25, 0.3) is 17.5 Å². The van der Waals surface area contributed by atoms with Crippen LogP contribution in [-0.4, -0.2) is 41.8 Å². The molecule has 1 saturated heterocycles. The van der Waals surface area contributed by atoms with Gasteiger partial charge < -0.3 is 9.64 Å². The molecule has 3 rings (SSSR count). The van der Waals surface area contributed by atoms with Gasteiger partial charge in [0.15, 0.2) is 6.61 Å². The molecule has 2 aromatic rings. The van der Waals surface area contributed by atoms with Crippen molar-refractivity contribution in [1.82, 2.24) is 10.9 Å². The number of hydrogen-bond acceptors (Lipinski definition) is 7. The number of nitrogens with one attached hydrogen (secondary N) is 2. The summed E-state index contributed by atoms with van der Waals surface area (Å²) >= 11 is 3.25. The van der Waals surface area contributed by atoms with Crippen molar-refractivity contribution in [2.24, 2.45) is 5.92 Å². The van der Waals surface area contributed by atoms with Crippen LogP contribution in [0.15, 0.2) is 46.9 Å². The number of hydrogen-bond donors (Lipinski definition) is 2. The molecule has 172 valence electrons. The Kier molecular flexibility index (Phi) is 7.38. The number of anilines is 1. The molecule has 11 nitrogen and oxygen atoms in total. The summed E-state index contributed by atoms with van der Waals surface area (Å²) in [5.74, 6) is -3.29. The molecule has 0 spiro atoms. The van der Waals surface area contributed by atoms with Crippen LogP contribution in [0.4, 0.5) is 11.4 Å². The minimum absolute atomic E-state index is 0.0280. The third-order valence-corrected chi connectivity index (χ3v) is 5.46. The lowest BCUT2D eigenvalue weighted by Crippen LogP contribution is -2.43. The minimum Gasteiger partial charge on any atom is -0.455 e. The number of aryl methyl sites for hydroxylation is 1. The molecule has 1 aliphatic heterocycles. The van der Waals surface area contributed by atoms with Gasteiger partial charge in [0.2, 0.25) is 5.91 Å². The Labute approximate surface area is 196 Å². The summed E-state index contributed by atoms with van der Waals surface area (Å²) in [7, 11) is 0. The zero-order valence-corrected chi connectivity index (χ0v) is 19.0. The second kappa shape index (κ2) is 10.2. The molecule has 1 heterocycles. The fourth-order valence-corrected chi connectivity index (χ4v) is 3.43. The number of benzene rings is 2. The number of nitro benzene ring substituents is 1. The van der Waals surface area contributed by atoms with Crippen LogP contribution >= 0.6 is 15.9 Å². The van der Waals surface area contributed by atoms with Gasteiger partial charge in [0, 0.05) is 34.6 Å². The highest BCUT2D eigenvalue weighted by molar-refractivity contribution is 9.10. The molecular formula is C21H19BrN4O7. The largest absolute Gasteiger partial charge is 0.455 e. The van der Waals surface area contributed by atoms with E-state index in [0.717, 1.165) is 4.47 Å². The molecule has 2 N–H and O–H groups in total. The van der Waals surface area contributed by atoms with Crippen LogP contribution < -0.4 is 15.8 Å². The normalized spacial score (nSPS) is 15.2. The van der Waals surface area contributed by atoms with E-state index >= 15 is 0 Å². The van der Waals surface area contributed by atoms with Gasteiger partial charge in [-0.1, -0.05) is 22.0 Å². The summed E-state index contributed by atoms with van der Waals surface area (Å²) < 4.78 is 5.75. The van der Waals surface area contributed by atoms with Crippen molar-refractivity contribution in [2.45, 2.75) is 13.3 Å². The zero-order chi connectivity index (χ0) is 24.1. The molecule has 12 heteroatoms. The van der Waals surface area contributed by atoms with Crippen molar-refractivity contribution in [2.75, 3.05) is 18.1 Å². The summed E-state index contributed by atoms with van der Waals surface area (Å²) in [6.07, 6.45) is -0.150. The van der Waals surface area contributed by atoms with E-state index in [1.807, 2.05) is 0 Å². The molecule has 3 amide bonds. The predicted molar refractivity (Wildman–Crippen MR) is 119 cm³/mol. The highest BCUT2D eigenvalue weighted by Gasteiger charge is 2.37. The summed E-state index contributed by atoms with van der Waals surface area (Å²) in [6, 6.07) is 10.8. The molecule has 0 radical (unpaired) electrons. The molecular weight excluding hydrogens is 500 g/mol. The van der Waals surface area contributed by atoms with E-state index in [-0.39, 0.29) is 24.6 Å². The van der Waals surface area contributed by atoms with Crippen molar-refractivity contribution < 1.29 is 28.8 Å². The molecule has 33 heavy (non-hydrogen) atoms. The number of esters is 1. The second-order valence-corrected chi connectivity index (χ2v) is 8.17. The molecule has 2 aromatic carbocycles. The van der Waals surface area contributed by atoms with E-state index in [4.69, 9.17) is 4.74 Å². The van der Waals surface area contributed by atoms with Crippen LogP contribution in [0.1, 0.15) is 22.3 Å². The SMILES string of the molecule is Cc1ccc(N2C[C@H](C(=O)OCC(=O)NNC(=O)c3ccc(Br)cc3)CC2=O)cc1[N+](=O)[O-]. The number of carbonyl (C=O) groups excluding carboxylic acids is 4. The number of amides is 3. The second-order valence-electron chi connectivity index (χ2n) is 7.25. The van der Waals surface area contributed by atoms with Crippen molar-refractivity contribution in [3.8, 4) is 0 Å². The van der Waals surface area contributed by atoms with Gasteiger partial charge >= 0.3 is 5.97 Å². The van der Waals surface area contributed by atoms with Crippen LogP contribution in [0.2, 0.25) is 0 Å². The van der Waals surface area contributed by atoms with Crippen LogP contribution in [0.5, 0.6) is 0 Å². The first-order valence-electron chi connectivity index (χ1n) is 9.72. The molecule has 1 atom stereocenters. The Hall–Kier alpha value is -3.80. The van der Waals surface area contributed by atoms with E-state index in [1.54, 1.807) is 37.3 Å². The average Bonchev–Trinajstić information content (AvgIpc) is 3.18. The monoisotopic (exact) mass is 518 g/mol. The number of carbonyl (C=O) groups is 4. The van der Waals surface area contributed by atoms with Crippen molar-refractivity contribution in [3.63, 3.8) is 0 Å². The van der Waals surface area contributed by atoms with Crippen LogP contribution in [0, 0.1) is 23.0 Å². The van der Waals surface area contributed by atoms with E-state index in [9.17, 15) is 29.3 Å². The van der Waals surface area contributed by atoms with Gasteiger partial charge in [-0.3, -0.25) is 40.1 Å². The molecule has 0 bridgehead atoms. The number of rotatable bonds is 6. The van der Waals surface area contributed by atoms with Crippen LogP contribution in [0.25, 0.3) is 0 Å². The topological polar surface area (TPSA) is 148 Å². The molecule has 1 aliphatic rings. The lowest BCUT2D eigenvalue weighted by atomic mass is 10.1. The first kappa shape index (κ1) is 23.9. The average molecular weight is 519 g/mol. The highest BCUT2D eigenvalue weighted by atomic mass is 79.9. The predicted octanol–water partition coefficient (Wildman–Crippen LogP) is 2.02. The molecule has 0 aliphatic carbocycles. The first-order valence-corrected chi connectivity index (χ1v) is 10.5. The van der Waals surface area contributed by atoms with Gasteiger partial charge in [-0.2, -0.15) is 0 Å². The summed E-state index contributed by atoms with van der Waals surface area (Å²) in [4.78, 5) is 60.4. The summed E-state index contributed by atoms with van der Waals surface area (Å²) in [6.45, 7) is 0.903. The van der Waals surface area contributed by atoms with Crippen molar-refractivity contribution >= 4 is 51.0 Å². The van der Waals surface area contributed by atoms with E-state index in [1.165, 1.54) is 17.0 Å². The highest BCUT2D eigenvalue weighted by Crippen LogP contribution is 2.30. The zero-order valence-electron chi connectivity index (χ0n) is 17.4. The van der Waals surface area contributed by atoms with Gasteiger partial charge in [0.05, 0.1) is 16.5 Å². The molecule has 0 unspecified atom stereocenters. The summed E-state index contributed by atoms with van der Waals surface area (Å²) in [5, 5.41) is 11.1. The lowest BCUT2D eigenvalue weighted by molar-refractivity contribution is -0.385. The minimum atomic E-state index is -0.831. The van der Waals surface area contributed by atoms with Gasteiger partial charge in [0.1, 0.15) is 0 Å². The quantitative estimate of drug-likeness (QED) is 0.337. The Morgan fingerprint density at radius 2 is 1.88 bits per heavy atom. The third kappa shape index (κ3) is 5.92. The molecule has 0 saturated carbocycles. The maximum absolute atomic E-state index is 12.3. The first-order chi connectivity index (χ1) is 15.7. The Bertz CT molecular complexity index is 1120. The smallest absolute Gasteiger partial charge is 0.311 e. The van der Waals surface area contributed by atoms with Crippen LogP contribution in [0.3, 0.4) is 0 Å². The Balaban J connectivity index is 1.50. The Morgan fingerprint density at radius 3 is 2.55 bits per heavy atom. The summed E-state index contributed by atoms with van der Waals surface area (Å²) in [5.41, 5.74) is 5.28. The van der Waals surface area contributed by atoms with Crippen molar-refractivity contribution in [3.05, 3.63) is 68.2 Å². The molecule has 1 fully saturated rings. The number of halogens is 1. The maximum atomic E-state index is 12.3. The number of hydrazine groups is 1. The number of nitrogens with zero attached hydrogens (tertiary/aromatic N) is 2. The lowest BCUT2D eigenvalue weighted by Gasteiger charge is -2.16. The third-order valence-electron chi connectivity index (χ3n) is 4.93. The maximum Gasteiger partial charge on any atom is 0.311 e. The Morgan fingerprint density at radius 1 is 1.18 bits per heavy atom. The fourth-order valence-electron chi connectivity index (χ4n) is 3.17. The standard InChI is InChI=1S/C21H19BrN4O7/c1-12-2-7-16(9-17(12)26(31)32)25-10-14(8-19(25)28)21(30)33-11-18(27)23-24-20(29)13-3-5-15(22)6-4-13/h2-7,9,14H,8,10-11H2,1H3,(H,23,27)(H,24,29)/t14-/m1/s1. The number of nitro groups is 1. The van der Waals surface area contributed by atoms with Gasteiger partial charge in [-0.25, -0.2) is 0 Å². The van der Waals surface area contributed by atoms with E-state index < -0.39 is 35.2 Å². The van der Waals surface area contributed by atoms with Crippen molar-refractivity contribution in [1.29, 1.82) is 0 Å². The van der Waals surface area contributed by atoms with Crippen LogP contribution in [-0.2, 0) is 19.1 Å². The number of ether oxygens (including phenoxy) is 1. The van der Waals surface area contributed by atoms with E-state index in [0.29, 0.717) is 16.8 Å². The fraction of sp³-hybridized carbons (Fsp3) is 0.238. The van der Waals surface area contributed by atoms with E-state index in [2.05, 4.69) is 26.8 Å².